The fourth-order valence-electron chi connectivity index (χ4n) is 3.56. The second-order valence-electron chi connectivity index (χ2n) is 9.50. The monoisotopic (exact) mass is 499 g/mol. The second-order valence-corrected chi connectivity index (χ2v) is 11.1. The van der Waals surface area contributed by atoms with Crippen molar-refractivity contribution in [2.24, 2.45) is 5.14 Å². The summed E-state index contributed by atoms with van der Waals surface area (Å²) < 4.78 is 29.5. The zero-order valence-electron chi connectivity index (χ0n) is 20.6. The van der Waals surface area contributed by atoms with Gasteiger partial charge in [-0.15, -0.1) is 0 Å². The third-order valence-electron chi connectivity index (χ3n) is 5.41. The van der Waals surface area contributed by atoms with Crippen molar-refractivity contribution in [2.45, 2.75) is 37.6 Å². The Bertz CT molecular complexity index is 1490. The van der Waals surface area contributed by atoms with Gasteiger partial charge in [-0.1, -0.05) is 54.3 Å². The first kappa shape index (κ1) is 25.4. The Morgan fingerprint density at radius 2 is 1.58 bits per heavy atom. The number of rotatable bonds is 6. The Kier molecular flexibility index (Phi) is 7.41. The molecule has 4 rings (SSSR count). The summed E-state index contributed by atoms with van der Waals surface area (Å²) in [6.45, 7) is 6.96. The molecule has 1 aromatic heterocycles. The molecule has 0 aliphatic carbocycles. The van der Waals surface area contributed by atoms with E-state index in [1.165, 1.54) is 12.1 Å². The van der Waals surface area contributed by atoms with Gasteiger partial charge in [0.2, 0.25) is 10.0 Å². The third-order valence-corrected chi connectivity index (χ3v) is 6.34. The minimum absolute atomic E-state index is 0.0379. The maximum Gasteiger partial charge on any atom is 0.238 e. The van der Waals surface area contributed by atoms with Crippen molar-refractivity contribution in [3.8, 4) is 34.4 Å². The molecule has 0 amide bonds. The number of aromatic nitrogens is 1. The largest absolute Gasteiger partial charge is 0.440 e. The molecule has 7 heteroatoms. The van der Waals surface area contributed by atoms with E-state index in [4.69, 9.17) is 14.5 Å². The molecule has 3 aromatic carbocycles. The Morgan fingerprint density at radius 1 is 0.917 bits per heavy atom. The number of hydrogen-bond acceptors (Lipinski definition) is 5. The highest BCUT2D eigenvalue weighted by Gasteiger charge is 2.18. The highest BCUT2D eigenvalue weighted by atomic mass is 32.2. The predicted molar refractivity (Wildman–Crippen MR) is 143 cm³/mol. The van der Waals surface area contributed by atoms with Gasteiger partial charge in [0.15, 0.2) is 11.7 Å². The zero-order valence-corrected chi connectivity index (χ0v) is 21.4. The Hall–Kier alpha value is -3.70. The van der Waals surface area contributed by atoms with Crippen molar-refractivity contribution in [3.05, 3.63) is 95.9 Å². The molecule has 0 spiro atoms. The molecule has 0 unspecified atom stereocenters. The van der Waals surface area contributed by atoms with Crippen molar-refractivity contribution in [1.29, 1.82) is 0 Å². The lowest BCUT2D eigenvalue weighted by atomic mass is 10.1. The number of primary sulfonamides is 1. The molecular formula is C29H29N3O3S. The van der Waals surface area contributed by atoms with Gasteiger partial charge < -0.3 is 9.73 Å². The van der Waals surface area contributed by atoms with Crippen LogP contribution < -0.4 is 10.5 Å². The van der Waals surface area contributed by atoms with E-state index in [0.29, 0.717) is 30.3 Å². The summed E-state index contributed by atoms with van der Waals surface area (Å²) >= 11 is 0. The molecule has 6 nitrogen and oxygen atoms in total. The quantitative estimate of drug-likeness (QED) is 0.364. The van der Waals surface area contributed by atoms with Gasteiger partial charge in [0.05, 0.1) is 11.4 Å². The molecule has 0 aliphatic heterocycles. The van der Waals surface area contributed by atoms with E-state index >= 15 is 0 Å². The van der Waals surface area contributed by atoms with E-state index in [2.05, 4.69) is 37.9 Å². The summed E-state index contributed by atoms with van der Waals surface area (Å²) in [6.07, 6.45) is 0.508. The van der Waals surface area contributed by atoms with Crippen LogP contribution in [0, 0.1) is 11.8 Å². The van der Waals surface area contributed by atoms with Crippen LogP contribution in [0.25, 0.3) is 22.6 Å². The van der Waals surface area contributed by atoms with Gasteiger partial charge in [0.1, 0.15) is 5.69 Å². The SMILES string of the molecule is CC(C)(C)NCC#Cc1ccc(Cc2nc(-c3ccccc3)c(-c3ccc(S(N)(=O)=O)cc3)o2)cc1. The Balaban J connectivity index is 1.58. The molecule has 0 bridgehead atoms. The van der Waals surface area contributed by atoms with Gasteiger partial charge in [-0.25, -0.2) is 18.5 Å². The van der Waals surface area contributed by atoms with Crippen LogP contribution in [0.15, 0.2) is 88.2 Å². The Morgan fingerprint density at radius 3 is 2.19 bits per heavy atom. The minimum atomic E-state index is -3.78. The number of hydrogen-bond donors (Lipinski definition) is 2. The minimum Gasteiger partial charge on any atom is -0.440 e. The summed E-state index contributed by atoms with van der Waals surface area (Å²) in [4.78, 5) is 4.83. The molecule has 0 saturated carbocycles. The lowest BCUT2D eigenvalue weighted by molar-refractivity contribution is 0.452. The number of nitrogens with zero attached hydrogens (tertiary/aromatic N) is 1. The van der Waals surface area contributed by atoms with E-state index in [0.717, 1.165) is 22.3 Å². The highest BCUT2D eigenvalue weighted by molar-refractivity contribution is 7.89. The standard InChI is InChI=1S/C29H29N3O3S/c1-29(2,3)31-19-7-8-21-11-13-22(14-12-21)20-26-32-27(23-9-5-4-6-10-23)28(35-26)24-15-17-25(18-16-24)36(30,33)34/h4-6,9-18,31H,19-20H2,1-3H3,(H2,30,33,34). The lowest BCUT2D eigenvalue weighted by Gasteiger charge is -2.18. The molecule has 0 aliphatic rings. The smallest absolute Gasteiger partial charge is 0.238 e. The highest BCUT2D eigenvalue weighted by Crippen LogP contribution is 2.33. The van der Waals surface area contributed by atoms with Crippen LogP contribution in [0.5, 0.6) is 0 Å². The molecule has 3 N–H and O–H groups in total. The fraction of sp³-hybridized carbons (Fsp3) is 0.207. The molecule has 1 heterocycles. The average molecular weight is 500 g/mol. The number of benzene rings is 3. The van der Waals surface area contributed by atoms with Crippen LogP contribution in [-0.2, 0) is 16.4 Å². The zero-order chi connectivity index (χ0) is 25.8. The average Bonchev–Trinajstić information content (AvgIpc) is 3.26. The first-order valence-corrected chi connectivity index (χ1v) is 13.1. The maximum absolute atomic E-state index is 11.6. The molecule has 0 fully saturated rings. The van der Waals surface area contributed by atoms with Crippen LogP contribution in [-0.4, -0.2) is 25.5 Å². The van der Waals surface area contributed by atoms with E-state index in [1.807, 2.05) is 54.6 Å². The summed E-state index contributed by atoms with van der Waals surface area (Å²) in [5.74, 6) is 7.46. The molecule has 36 heavy (non-hydrogen) atoms. The van der Waals surface area contributed by atoms with Crippen molar-refractivity contribution in [2.75, 3.05) is 6.54 Å². The van der Waals surface area contributed by atoms with Crippen molar-refractivity contribution in [3.63, 3.8) is 0 Å². The van der Waals surface area contributed by atoms with Gasteiger partial charge in [-0.3, -0.25) is 0 Å². The summed E-state index contributed by atoms with van der Waals surface area (Å²) in [5, 5.41) is 8.59. The summed E-state index contributed by atoms with van der Waals surface area (Å²) in [5.41, 5.74) is 4.36. The fourth-order valence-corrected chi connectivity index (χ4v) is 4.07. The first-order chi connectivity index (χ1) is 17.1. The predicted octanol–water partition coefficient (Wildman–Crippen LogP) is 4.99. The van der Waals surface area contributed by atoms with E-state index < -0.39 is 10.0 Å². The van der Waals surface area contributed by atoms with Gasteiger partial charge >= 0.3 is 0 Å². The molecule has 184 valence electrons. The van der Waals surface area contributed by atoms with Crippen molar-refractivity contribution >= 4 is 10.0 Å². The van der Waals surface area contributed by atoms with E-state index in [1.54, 1.807) is 12.1 Å². The maximum atomic E-state index is 11.6. The third kappa shape index (κ3) is 6.70. The normalized spacial score (nSPS) is 11.7. The van der Waals surface area contributed by atoms with Gasteiger partial charge in [-0.05, 0) is 62.7 Å². The van der Waals surface area contributed by atoms with Crippen molar-refractivity contribution in [1.82, 2.24) is 10.3 Å². The number of nitrogens with one attached hydrogen (secondary N) is 1. The molecule has 4 aromatic rings. The first-order valence-electron chi connectivity index (χ1n) is 11.6. The van der Waals surface area contributed by atoms with Crippen LogP contribution in [0.1, 0.15) is 37.8 Å². The van der Waals surface area contributed by atoms with Crippen LogP contribution >= 0.6 is 0 Å². The van der Waals surface area contributed by atoms with Gasteiger partial charge in [0, 0.05) is 28.7 Å². The second kappa shape index (κ2) is 10.5. The topological polar surface area (TPSA) is 98.2 Å². The molecular weight excluding hydrogens is 470 g/mol. The molecule has 0 radical (unpaired) electrons. The number of oxazole rings is 1. The number of nitrogens with two attached hydrogens (primary N) is 1. The van der Waals surface area contributed by atoms with Crippen LogP contribution in [0.3, 0.4) is 0 Å². The van der Waals surface area contributed by atoms with Crippen LogP contribution in [0.4, 0.5) is 0 Å². The summed E-state index contributed by atoms with van der Waals surface area (Å²) in [6, 6.07) is 24.1. The van der Waals surface area contributed by atoms with E-state index in [9.17, 15) is 8.42 Å². The lowest BCUT2D eigenvalue weighted by Crippen LogP contribution is -2.35. The van der Waals surface area contributed by atoms with Gasteiger partial charge in [0.25, 0.3) is 0 Å². The molecule has 0 atom stereocenters. The summed E-state index contributed by atoms with van der Waals surface area (Å²) in [7, 11) is -3.78. The Labute approximate surface area is 212 Å². The molecule has 0 saturated heterocycles. The van der Waals surface area contributed by atoms with Crippen molar-refractivity contribution < 1.29 is 12.8 Å². The number of sulfonamides is 1. The van der Waals surface area contributed by atoms with Crippen LogP contribution in [0.2, 0.25) is 0 Å². The van der Waals surface area contributed by atoms with Gasteiger partial charge in [-0.2, -0.15) is 0 Å². The van der Waals surface area contributed by atoms with E-state index in [-0.39, 0.29) is 10.4 Å².